The van der Waals surface area contributed by atoms with Gasteiger partial charge in [-0.2, -0.15) is 0 Å². The molecule has 3 heterocycles. The lowest BCUT2D eigenvalue weighted by Gasteiger charge is -2.11. The minimum absolute atomic E-state index is 0.292. The fraction of sp³-hybridized carbons (Fsp3) is 0.371. The molecule has 0 bridgehead atoms. The summed E-state index contributed by atoms with van der Waals surface area (Å²) in [6, 6.07) is 14.7. The van der Waals surface area contributed by atoms with Crippen LogP contribution in [0.2, 0.25) is 0 Å². The Morgan fingerprint density at radius 3 is 2.17 bits per heavy atom. The Labute approximate surface area is 240 Å². The first-order chi connectivity index (χ1) is 20.1. The van der Waals surface area contributed by atoms with Crippen LogP contribution in [0.15, 0.2) is 48.7 Å². The number of hydrogen-bond donors (Lipinski definition) is 3. The first-order valence-corrected chi connectivity index (χ1v) is 15.2. The summed E-state index contributed by atoms with van der Waals surface area (Å²) in [6.45, 7) is 0. The molecule has 8 rings (SSSR count). The highest BCUT2D eigenvalue weighted by Crippen LogP contribution is 2.40. The Morgan fingerprint density at radius 2 is 1.51 bits per heavy atom. The van der Waals surface area contributed by atoms with Crippen molar-refractivity contribution < 1.29 is 9.53 Å². The van der Waals surface area contributed by atoms with E-state index in [1.165, 1.54) is 108 Å². The summed E-state index contributed by atoms with van der Waals surface area (Å²) in [7, 11) is 1.44. The summed E-state index contributed by atoms with van der Waals surface area (Å²) in [5, 5.41) is 2.66. The minimum Gasteiger partial charge on any atom is -0.465 e. The van der Waals surface area contributed by atoms with Gasteiger partial charge < -0.3 is 20.4 Å². The van der Waals surface area contributed by atoms with Crippen LogP contribution >= 0.6 is 0 Å². The van der Waals surface area contributed by atoms with Crippen LogP contribution in [-0.2, 0) is 36.8 Å². The number of carbonyl (C=O) groups is 1. The van der Waals surface area contributed by atoms with Gasteiger partial charge in [0.15, 0.2) is 0 Å². The number of methoxy groups -OCH3 is 1. The van der Waals surface area contributed by atoms with E-state index >= 15 is 0 Å². The summed E-state index contributed by atoms with van der Waals surface area (Å²) in [6.07, 6.45) is 14.8. The predicted molar refractivity (Wildman–Crippen MR) is 165 cm³/mol. The van der Waals surface area contributed by atoms with Gasteiger partial charge in [-0.05, 0) is 129 Å². The third kappa shape index (κ3) is 5.12. The molecule has 41 heavy (non-hydrogen) atoms. The highest BCUT2D eigenvalue weighted by Gasteiger charge is 2.26. The third-order valence-corrected chi connectivity index (χ3v) is 9.10. The largest absolute Gasteiger partial charge is 0.465 e. The fourth-order valence-electron chi connectivity index (χ4n) is 6.76. The number of fused-ring (bicyclic) bond motifs is 6. The SMILES string of the molecule is COC(=O)c1cc(C2CC2)cnc1Cc1ccc2[nH]c3c(c2c1)CCCC3.Nc1ccc2[nH]c3c(c2c1)CCCC3. The van der Waals surface area contributed by atoms with Crippen LogP contribution in [0.5, 0.6) is 0 Å². The van der Waals surface area contributed by atoms with Crippen LogP contribution in [0.4, 0.5) is 5.69 Å². The van der Waals surface area contributed by atoms with E-state index in [-0.39, 0.29) is 5.97 Å². The monoisotopic (exact) mass is 546 g/mol. The zero-order chi connectivity index (χ0) is 27.9. The molecule has 0 aliphatic heterocycles. The molecule has 5 aromatic rings. The molecular formula is C35H38N4O2. The van der Waals surface area contributed by atoms with Crippen LogP contribution in [-0.4, -0.2) is 28.0 Å². The lowest BCUT2D eigenvalue weighted by atomic mass is 9.94. The summed E-state index contributed by atoms with van der Waals surface area (Å²) in [5.74, 6) is 0.276. The molecule has 3 aliphatic carbocycles. The molecule has 1 saturated carbocycles. The molecule has 0 amide bonds. The number of hydrogen-bond acceptors (Lipinski definition) is 4. The maximum atomic E-state index is 12.3. The van der Waals surface area contributed by atoms with Crippen molar-refractivity contribution in [2.24, 2.45) is 0 Å². The van der Waals surface area contributed by atoms with Crippen molar-refractivity contribution in [2.75, 3.05) is 12.8 Å². The molecule has 0 atom stereocenters. The van der Waals surface area contributed by atoms with Gasteiger partial charge >= 0.3 is 5.97 Å². The molecule has 0 spiro atoms. The number of benzene rings is 2. The maximum Gasteiger partial charge on any atom is 0.339 e. The van der Waals surface area contributed by atoms with E-state index in [4.69, 9.17) is 10.5 Å². The number of nitrogens with one attached hydrogen (secondary N) is 2. The smallest absolute Gasteiger partial charge is 0.339 e. The number of pyridine rings is 1. The fourth-order valence-corrected chi connectivity index (χ4v) is 6.76. The van der Waals surface area contributed by atoms with Gasteiger partial charge in [-0.3, -0.25) is 4.98 Å². The van der Waals surface area contributed by atoms with E-state index in [0.29, 0.717) is 17.9 Å². The second-order valence-corrected chi connectivity index (χ2v) is 12.0. The number of ether oxygens (including phenoxy) is 1. The van der Waals surface area contributed by atoms with Crippen molar-refractivity contribution in [3.8, 4) is 0 Å². The van der Waals surface area contributed by atoms with Gasteiger partial charge in [0.05, 0.1) is 18.4 Å². The zero-order valence-corrected chi connectivity index (χ0v) is 23.8. The van der Waals surface area contributed by atoms with E-state index < -0.39 is 0 Å². The van der Waals surface area contributed by atoms with Crippen LogP contribution < -0.4 is 5.73 Å². The van der Waals surface area contributed by atoms with Crippen molar-refractivity contribution in [2.45, 2.75) is 76.5 Å². The number of nitrogen functional groups attached to an aromatic ring is 1. The van der Waals surface area contributed by atoms with E-state index in [1.54, 1.807) is 0 Å². The molecule has 0 radical (unpaired) electrons. The Kier molecular flexibility index (Phi) is 6.77. The number of aromatic amines is 2. The van der Waals surface area contributed by atoms with Crippen molar-refractivity contribution in [1.82, 2.24) is 15.0 Å². The van der Waals surface area contributed by atoms with E-state index in [9.17, 15) is 4.79 Å². The standard InChI is InChI=1S/C23H24N2O2.C12H14N2/c1-27-23(26)19-12-16(15-7-8-15)13-24-22(19)11-14-6-9-21-18(10-14)17-4-2-3-5-20(17)25-21;13-8-5-6-12-10(7-8)9-3-1-2-4-11(9)14-12/h6,9-10,12-13,15,25H,2-5,7-8,11H2,1H3;5-7,14H,1-4,13H2. The number of rotatable bonds is 4. The Balaban J connectivity index is 0.000000165. The van der Waals surface area contributed by atoms with E-state index in [1.807, 2.05) is 18.3 Å². The van der Waals surface area contributed by atoms with Gasteiger partial charge in [0.25, 0.3) is 0 Å². The number of nitrogens with zero attached hydrogens (tertiary/aromatic N) is 1. The summed E-state index contributed by atoms with van der Waals surface area (Å²) >= 11 is 0. The molecule has 6 heteroatoms. The number of aryl methyl sites for hydroxylation is 4. The summed E-state index contributed by atoms with van der Waals surface area (Å²) in [4.78, 5) is 24.0. The Hall–Kier alpha value is -4.06. The predicted octanol–water partition coefficient (Wildman–Crippen LogP) is 7.33. The van der Waals surface area contributed by atoms with Crippen molar-refractivity contribution >= 4 is 33.5 Å². The molecule has 3 aromatic heterocycles. The van der Waals surface area contributed by atoms with Crippen LogP contribution in [0.1, 0.15) is 94.1 Å². The van der Waals surface area contributed by atoms with Crippen molar-refractivity contribution in [3.63, 3.8) is 0 Å². The summed E-state index contributed by atoms with van der Waals surface area (Å²) in [5.41, 5.74) is 18.7. The van der Waals surface area contributed by atoms with Gasteiger partial charge in [-0.25, -0.2) is 4.79 Å². The quantitative estimate of drug-likeness (QED) is 0.162. The zero-order valence-electron chi connectivity index (χ0n) is 23.8. The minimum atomic E-state index is -0.292. The highest BCUT2D eigenvalue weighted by molar-refractivity contribution is 5.91. The molecule has 6 nitrogen and oxygen atoms in total. The average Bonchev–Trinajstić information content (AvgIpc) is 3.70. The summed E-state index contributed by atoms with van der Waals surface area (Å²) < 4.78 is 5.02. The van der Waals surface area contributed by atoms with Gasteiger partial charge in [-0.15, -0.1) is 0 Å². The number of esters is 1. The van der Waals surface area contributed by atoms with Gasteiger partial charge in [0, 0.05) is 51.5 Å². The molecule has 0 unspecified atom stereocenters. The molecule has 4 N–H and O–H groups in total. The molecular weight excluding hydrogens is 508 g/mol. The molecule has 3 aliphatic rings. The normalized spacial score (nSPS) is 16.1. The molecule has 0 saturated heterocycles. The number of anilines is 1. The van der Waals surface area contributed by atoms with E-state index in [2.05, 4.69) is 45.3 Å². The molecule has 1 fully saturated rings. The number of aromatic nitrogens is 3. The number of carbonyl (C=O) groups excluding carboxylic acids is 1. The maximum absolute atomic E-state index is 12.3. The number of H-pyrrole nitrogens is 2. The first kappa shape index (κ1) is 25.9. The topological polar surface area (TPSA) is 96.8 Å². The highest BCUT2D eigenvalue weighted by atomic mass is 16.5. The van der Waals surface area contributed by atoms with Crippen LogP contribution in [0, 0.1) is 0 Å². The number of nitrogens with two attached hydrogens (primary N) is 1. The van der Waals surface area contributed by atoms with Crippen LogP contribution in [0.25, 0.3) is 21.8 Å². The third-order valence-electron chi connectivity index (χ3n) is 9.10. The van der Waals surface area contributed by atoms with E-state index in [0.717, 1.165) is 29.8 Å². The molecule has 210 valence electrons. The lowest BCUT2D eigenvalue weighted by Crippen LogP contribution is -2.09. The second-order valence-electron chi connectivity index (χ2n) is 12.0. The van der Waals surface area contributed by atoms with Crippen LogP contribution in [0.3, 0.4) is 0 Å². The van der Waals surface area contributed by atoms with Gasteiger partial charge in [-0.1, -0.05) is 6.07 Å². The van der Waals surface area contributed by atoms with Crippen molar-refractivity contribution in [3.05, 3.63) is 93.6 Å². The second kappa shape index (κ2) is 10.7. The Morgan fingerprint density at radius 1 is 0.878 bits per heavy atom. The van der Waals surface area contributed by atoms with Gasteiger partial charge in [0.2, 0.25) is 0 Å². The molecule has 2 aromatic carbocycles. The van der Waals surface area contributed by atoms with Crippen molar-refractivity contribution in [1.29, 1.82) is 0 Å². The lowest BCUT2D eigenvalue weighted by molar-refractivity contribution is 0.0599. The van der Waals surface area contributed by atoms with Gasteiger partial charge in [0.1, 0.15) is 0 Å². The Bertz CT molecular complexity index is 1760. The first-order valence-electron chi connectivity index (χ1n) is 15.2. The average molecular weight is 547 g/mol.